The predicted octanol–water partition coefficient (Wildman–Crippen LogP) is 5.03. The van der Waals surface area contributed by atoms with Crippen LogP contribution in [0.5, 0.6) is 11.5 Å². The summed E-state index contributed by atoms with van der Waals surface area (Å²) in [4.78, 5) is 0. The van der Waals surface area contributed by atoms with Gasteiger partial charge < -0.3 is 16.2 Å². The number of nitrogens with one attached hydrogen (secondary N) is 2. The van der Waals surface area contributed by atoms with Crippen molar-refractivity contribution < 1.29 is 9.13 Å². The van der Waals surface area contributed by atoms with Gasteiger partial charge in [-0.3, -0.25) is 10.8 Å². The van der Waals surface area contributed by atoms with Gasteiger partial charge in [0, 0.05) is 22.6 Å². The molecule has 0 saturated carbocycles. The average Bonchev–Trinajstić information content (AvgIpc) is 2.54. The van der Waals surface area contributed by atoms with Crippen molar-refractivity contribution in [1.82, 2.24) is 0 Å². The summed E-state index contributed by atoms with van der Waals surface area (Å²) in [5.74, 6) is 1.59. The summed E-state index contributed by atoms with van der Waals surface area (Å²) < 4.78 is 19.5. The first-order valence-corrected chi connectivity index (χ1v) is 8.90. The molecule has 2 aromatic rings. The van der Waals surface area contributed by atoms with Gasteiger partial charge in [0.1, 0.15) is 17.3 Å². The maximum atomic E-state index is 13.5. The molecule has 5 nitrogen and oxygen atoms in total. The highest BCUT2D eigenvalue weighted by atomic mass is 79.9. The largest absolute Gasteiger partial charge is 0.457 e. The SMILES string of the molecule is Br.Br.N=C(N)SCc1ccccc1Oc1ccc(F)cc1CSC(=N)N. The maximum absolute atomic E-state index is 13.5. The molecule has 26 heavy (non-hydrogen) atoms. The number of thioether (sulfide) groups is 2. The predicted molar refractivity (Wildman–Crippen MR) is 120 cm³/mol. The average molecular weight is 526 g/mol. The fraction of sp³-hybridized carbons (Fsp3) is 0.125. The molecule has 0 spiro atoms. The summed E-state index contributed by atoms with van der Waals surface area (Å²) in [6, 6.07) is 11.7. The number of ether oxygens (including phenoxy) is 1. The van der Waals surface area contributed by atoms with Crippen molar-refractivity contribution in [2.45, 2.75) is 11.5 Å². The molecule has 10 heteroatoms. The molecule has 0 aromatic heterocycles. The second-order valence-electron chi connectivity index (χ2n) is 4.77. The smallest absolute Gasteiger partial charge is 0.151 e. The van der Waals surface area contributed by atoms with Crippen molar-refractivity contribution in [3.8, 4) is 11.5 Å². The van der Waals surface area contributed by atoms with Crippen molar-refractivity contribution in [3.05, 3.63) is 59.4 Å². The molecule has 0 atom stereocenters. The number of para-hydroxylation sites is 1. The highest BCUT2D eigenvalue weighted by Crippen LogP contribution is 2.32. The van der Waals surface area contributed by atoms with Crippen molar-refractivity contribution in [2.24, 2.45) is 11.5 Å². The van der Waals surface area contributed by atoms with Crippen LogP contribution in [-0.4, -0.2) is 10.3 Å². The second kappa shape index (κ2) is 12.2. The van der Waals surface area contributed by atoms with Crippen LogP contribution in [0.25, 0.3) is 0 Å². The molecule has 0 amide bonds. The highest BCUT2D eigenvalue weighted by molar-refractivity contribution is 8.93. The fourth-order valence-electron chi connectivity index (χ4n) is 1.91. The number of hydrogen-bond acceptors (Lipinski definition) is 5. The minimum absolute atomic E-state index is 0. The van der Waals surface area contributed by atoms with Gasteiger partial charge in [0.2, 0.25) is 0 Å². The second-order valence-corrected chi connectivity index (χ2v) is 6.80. The lowest BCUT2D eigenvalue weighted by Crippen LogP contribution is -2.05. The number of hydrogen-bond donors (Lipinski definition) is 4. The van der Waals surface area contributed by atoms with Gasteiger partial charge in [-0.1, -0.05) is 41.7 Å². The molecule has 0 bridgehead atoms. The molecule has 0 aliphatic heterocycles. The summed E-state index contributed by atoms with van der Waals surface area (Å²) in [7, 11) is 0. The molecule has 0 radical (unpaired) electrons. The topological polar surface area (TPSA) is 109 Å². The van der Waals surface area contributed by atoms with Gasteiger partial charge in [-0.05, 0) is 24.3 Å². The molecule has 0 unspecified atom stereocenters. The van der Waals surface area contributed by atoms with Gasteiger partial charge in [0.15, 0.2) is 10.3 Å². The van der Waals surface area contributed by atoms with E-state index in [1.165, 1.54) is 23.9 Å². The van der Waals surface area contributed by atoms with Crippen LogP contribution in [0.4, 0.5) is 4.39 Å². The number of rotatable bonds is 6. The van der Waals surface area contributed by atoms with Crippen LogP contribution in [0.2, 0.25) is 0 Å². The number of nitrogens with two attached hydrogens (primary N) is 2. The summed E-state index contributed by atoms with van der Waals surface area (Å²) in [6.07, 6.45) is 0. The van der Waals surface area contributed by atoms with Crippen LogP contribution >= 0.6 is 57.5 Å². The molecule has 0 aliphatic carbocycles. The normalized spacial score (nSPS) is 9.58. The Balaban J connectivity index is 0.00000312. The molecule has 6 N–H and O–H groups in total. The Morgan fingerprint density at radius 2 is 1.42 bits per heavy atom. The quantitative estimate of drug-likeness (QED) is 0.312. The third kappa shape index (κ3) is 7.98. The van der Waals surface area contributed by atoms with E-state index in [2.05, 4.69) is 0 Å². The first kappa shape index (κ1) is 24.8. The van der Waals surface area contributed by atoms with E-state index in [0.29, 0.717) is 28.6 Å². The van der Waals surface area contributed by atoms with E-state index in [1.807, 2.05) is 18.2 Å². The number of benzene rings is 2. The van der Waals surface area contributed by atoms with Crippen LogP contribution in [0.3, 0.4) is 0 Å². The number of amidine groups is 2. The summed E-state index contributed by atoms with van der Waals surface area (Å²) in [5.41, 5.74) is 12.2. The van der Waals surface area contributed by atoms with Crippen molar-refractivity contribution in [2.75, 3.05) is 0 Å². The van der Waals surface area contributed by atoms with Gasteiger partial charge in [0.25, 0.3) is 0 Å². The Hall–Kier alpha value is -1.23. The Bertz CT molecular complexity index is 765. The lowest BCUT2D eigenvalue weighted by molar-refractivity contribution is 0.472. The van der Waals surface area contributed by atoms with Gasteiger partial charge in [0.05, 0.1) is 0 Å². The lowest BCUT2D eigenvalue weighted by Gasteiger charge is -2.14. The van der Waals surface area contributed by atoms with E-state index in [0.717, 1.165) is 17.3 Å². The van der Waals surface area contributed by atoms with Crippen LogP contribution in [-0.2, 0) is 11.5 Å². The zero-order chi connectivity index (χ0) is 17.5. The summed E-state index contributed by atoms with van der Waals surface area (Å²) in [5, 5.41) is 14.6. The van der Waals surface area contributed by atoms with Gasteiger partial charge in [-0.2, -0.15) is 0 Å². The lowest BCUT2D eigenvalue weighted by atomic mass is 10.2. The maximum Gasteiger partial charge on any atom is 0.151 e. The molecule has 0 fully saturated rings. The monoisotopic (exact) mass is 524 g/mol. The molecular formula is C16H19Br2FN4OS2. The molecular weight excluding hydrogens is 507 g/mol. The van der Waals surface area contributed by atoms with Crippen molar-refractivity contribution in [3.63, 3.8) is 0 Å². The first-order valence-electron chi connectivity index (χ1n) is 6.93. The molecule has 2 rings (SSSR count). The zero-order valence-electron chi connectivity index (χ0n) is 13.5. The molecule has 2 aromatic carbocycles. The van der Waals surface area contributed by atoms with Gasteiger partial charge >= 0.3 is 0 Å². The van der Waals surface area contributed by atoms with Crippen LogP contribution in [0, 0.1) is 16.6 Å². The minimum Gasteiger partial charge on any atom is -0.457 e. The summed E-state index contributed by atoms with van der Waals surface area (Å²) >= 11 is 2.30. The van der Waals surface area contributed by atoms with E-state index in [1.54, 1.807) is 12.1 Å². The van der Waals surface area contributed by atoms with Crippen molar-refractivity contribution >= 4 is 67.8 Å². The van der Waals surface area contributed by atoms with E-state index < -0.39 is 0 Å². The van der Waals surface area contributed by atoms with E-state index >= 15 is 0 Å². The van der Waals surface area contributed by atoms with Crippen molar-refractivity contribution in [1.29, 1.82) is 10.8 Å². The Morgan fingerprint density at radius 1 is 0.885 bits per heavy atom. The highest BCUT2D eigenvalue weighted by Gasteiger charge is 2.11. The van der Waals surface area contributed by atoms with Gasteiger partial charge in [-0.25, -0.2) is 4.39 Å². The Morgan fingerprint density at radius 3 is 2.04 bits per heavy atom. The third-order valence-electron chi connectivity index (χ3n) is 2.98. The van der Waals surface area contributed by atoms with E-state index in [4.69, 9.17) is 27.0 Å². The summed E-state index contributed by atoms with van der Waals surface area (Å²) in [6.45, 7) is 0. The fourth-order valence-corrected chi connectivity index (χ4v) is 3.00. The molecule has 0 aliphatic rings. The van der Waals surface area contributed by atoms with Crippen LogP contribution < -0.4 is 16.2 Å². The van der Waals surface area contributed by atoms with Gasteiger partial charge in [-0.15, -0.1) is 34.0 Å². The molecule has 0 saturated heterocycles. The van der Waals surface area contributed by atoms with Crippen LogP contribution in [0.15, 0.2) is 42.5 Å². The molecule has 142 valence electrons. The zero-order valence-corrected chi connectivity index (χ0v) is 18.6. The first-order chi connectivity index (χ1) is 11.5. The van der Waals surface area contributed by atoms with E-state index in [-0.39, 0.29) is 50.1 Å². The Labute approximate surface area is 181 Å². The number of halogens is 3. The Kier molecular flexibility index (Phi) is 11.6. The van der Waals surface area contributed by atoms with Crippen LogP contribution in [0.1, 0.15) is 11.1 Å². The van der Waals surface area contributed by atoms with E-state index in [9.17, 15) is 4.39 Å². The third-order valence-corrected chi connectivity index (χ3v) is 4.51. The standard InChI is InChI=1S/C16H17FN4OS2.2BrH/c17-12-5-6-14(11(7-12)9-24-16(20)21)22-13-4-2-1-3-10(13)8-23-15(18)19;;/h1-7H,8-9H2,(H3,18,19)(H3,20,21);2*1H. The minimum atomic E-state index is -0.373. The molecule has 0 heterocycles.